The van der Waals surface area contributed by atoms with Gasteiger partial charge in [-0.2, -0.15) is 0 Å². The van der Waals surface area contributed by atoms with Gasteiger partial charge in [-0.15, -0.1) is 0 Å². The van der Waals surface area contributed by atoms with Crippen molar-refractivity contribution in [3.8, 4) is 0 Å². The molecule has 0 aromatic heterocycles. The molecule has 0 radical (unpaired) electrons. The highest BCUT2D eigenvalue weighted by Crippen LogP contribution is 2.22. The van der Waals surface area contributed by atoms with Crippen molar-refractivity contribution in [2.75, 3.05) is 7.11 Å². The fraction of sp³-hybridized carbons (Fsp3) is 0.444. The van der Waals surface area contributed by atoms with Gasteiger partial charge in [-0.3, -0.25) is 0 Å². The van der Waals surface area contributed by atoms with E-state index in [2.05, 4.69) is 0 Å². The van der Waals surface area contributed by atoms with E-state index >= 15 is 0 Å². The standard InChI is InChI=1S/C9H12O3/c1-4-7-6(2)5-8(11-3)9(10)12-7/h4-6H,1-3H3. The van der Waals surface area contributed by atoms with E-state index in [-0.39, 0.29) is 11.7 Å². The maximum absolute atomic E-state index is 11.1. The van der Waals surface area contributed by atoms with Crippen LogP contribution in [0.3, 0.4) is 0 Å². The van der Waals surface area contributed by atoms with E-state index in [9.17, 15) is 4.79 Å². The molecule has 0 fully saturated rings. The minimum atomic E-state index is -0.413. The van der Waals surface area contributed by atoms with Gasteiger partial charge < -0.3 is 9.47 Å². The van der Waals surface area contributed by atoms with Crippen molar-refractivity contribution in [1.82, 2.24) is 0 Å². The molecular formula is C9H12O3. The molecule has 0 aromatic rings. The van der Waals surface area contributed by atoms with Crippen molar-refractivity contribution in [2.24, 2.45) is 5.92 Å². The van der Waals surface area contributed by atoms with Crippen LogP contribution in [0, 0.1) is 5.92 Å². The highest BCUT2D eigenvalue weighted by molar-refractivity contribution is 5.88. The second-order valence-corrected chi connectivity index (χ2v) is 2.60. The monoisotopic (exact) mass is 168 g/mol. The highest BCUT2D eigenvalue weighted by Gasteiger charge is 2.23. The van der Waals surface area contributed by atoms with Crippen molar-refractivity contribution in [2.45, 2.75) is 13.8 Å². The Bertz CT molecular complexity index is 250. The van der Waals surface area contributed by atoms with E-state index in [0.29, 0.717) is 5.76 Å². The predicted molar refractivity (Wildman–Crippen MR) is 44.1 cm³/mol. The fourth-order valence-corrected chi connectivity index (χ4v) is 1.10. The Hall–Kier alpha value is -1.25. The molecule has 0 aliphatic carbocycles. The third-order valence-electron chi connectivity index (χ3n) is 1.77. The van der Waals surface area contributed by atoms with E-state index in [0.717, 1.165) is 0 Å². The Balaban J connectivity index is 2.91. The van der Waals surface area contributed by atoms with Gasteiger partial charge in [0, 0.05) is 5.92 Å². The van der Waals surface area contributed by atoms with Crippen molar-refractivity contribution >= 4 is 5.97 Å². The van der Waals surface area contributed by atoms with Crippen molar-refractivity contribution in [3.05, 3.63) is 23.7 Å². The number of methoxy groups -OCH3 is 1. The number of allylic oxidation sites excluding steroid dienone is 2. The average Bonchev–Trinajstić information content (AvgIpc) is 2.08. The summed E-state index contributed by atoms with van der Waals surface area (Å²) < 4.78 is 9.81. The number of ether oxygens (including phenoxy) is 2. The number of carbonyl (C=O) groups is 1. The van der Waals surface area contributed by atoms with E-state index in [1.54, 1.807) is 12.2 Å². The first kappa shape index (κ1) is 8.84. The summed E-state index contributed by atoms with van der Waals surface area (Å²) in [6.07, 6.45) is 3.53. The second kappa shape index (κ2) is 3.43. The molecule has 0 amide bonds. The van der Waals surface area contributed by atoms with Gasteiger partial charge in [-0.25, -0.2) is 4.79 Å². The van der Waals surface area contributed by atoms with Crippen LogP contribution < -0.4 is 0 Å². The molecule has 0 bridgehead atoms. The minimum absolute atomic E-state index is 0.114. The van der Waals surface area contributed by atoms with Gasteiger partial charge in [0.2, 0.25) is 5.76 Å². The summed E-state index contributed by atoms with van der Waals surface area (Å²) in [4.78, 5) is 11.1. The molecule has 0 saturated carbocycles. The molecule has 1 unspecified atom stereocenters. The van der Waals surface area contributed by atoms with Gasteiger partial charge >= 0.3 is 5.97 Å². The number of rotatable bonds is 1. The first-order valence-electron chi connectivity index (χ1n) is 3.83. The quantitative estimate of drug-likeness (QED) is 0.558. The topological polar surface area (TPSA) is 35.5 Å². The highest BCUT2D eigenvalue weighted by atomic mass is 16.6. The number of hydrogen-bond acceptors (Lipinski definition) is 3. The zero-order chi connectivity index (χ0) is 9.14. The van der Waals surface area contributed by atoms with Crippen LogP contribution in [-0.4, -0.2) is 13.1 Å². The summed E-state index contributed by atoms with van der Waals surface area (Å²) in [7, 11) is 1.46. The van der Waals surface area contributed by atoms with Crippen molar-refractivity contribution < 1.29 is 14.3 Å². The maximum atomic E-state index is 11.1. The average molecular weight is 168 g/mol. The van der Waals surface area contributed by atoms with Crippen LogP contribution in [-0.2, 0) is 14.3 Å². The lowest BCUT2D eigenvalue weighted by atomic mass is 10.1. The third kappa shape index (κ3) is 1.49. The Morgan fingerprint density at radius 2 is 2.33 bits per heavy atom. The van der Waals surface area contributed by atoms with Crippen LogP contribution in [0.15, 0.2) is 23.7 Å². The van der Waals surface area contributed by atoms with E-state index in [4.69, 9.17) is 9.47 Å². The lowest BCUT2D eigenvalue weighted by molar-refractivity contribution is -0.140. The predicted octanol–water partition coefficient (Wildman–Crippen LogP) is 1.61. The van der Waals surface area contributed by atoms with Gasteiger partial charge in [0.1, 0.15) is 5.76 Å². The van der Waals surface area contributed by atoms with E-state index < -0.39 is 5.97 Å². The Morgan fingerprint density at radius 3 is 2.83 bits per heavy atom. The third-order valence-corrected chi connectivity index (χ3v) is 1.77. The number of hydrogen-bond donors (Lipinski definition) is 0. The molecule has 0 spiro atoms. The molecule has 12 heavy (non-hydrogen) atoms. The first-order valence-corrected chi connectivity index (χ1v) is 3.83. The molecule has 1 aliphatic rings. The van der Waals surface area contributed by atoms with Gasteiger partial charge in [0.25, 0.3) is 0 Å². The molecular weight excluding hydrogens is 156 g/mol. The molecule has 3 heteroatoms. The summed E-state index contributed by atoms with van der Waals surface area (Å²) in [6, 6.07) is 0. The zero-order valence-electron chi connectivity index (χ0n) is 7.46. The van der Waals surface area contributed by atoms with Gasteiger partial charge in [-0.1, -0.05) is 6.92 Å². The smallest absolute Gasteiger partial charge is 0.378 e. The summed E-state index contributed by atoms with van der Waals surface area (Å²) in [5.41, 5.74) is 0. The zero-order valence-corrected chi connectivity index (χ0v) is 7.46. The van der Waals surface area contributed by atoms with Crippen LogP contribution in [0.4, 0.5) is 0 Å². The summed E-state index contributed by atoms with van der Waals surface area (Å²) >= 11 is 0. The Kier molecular flexibility index (Phi) is 2.53. The Morgan fingerprint density at radius 1 is 1.67 bits per heavy atom. The van der Waals surface area contributed by atoms with E-state index in [1.165, 1.54) is 7.11 Å². The lowest BCUT2D eigenvalue weighted by Gasteiger charge is -2.19. The molecule has 1 atom stereocenters. The molecule has 3 nitrogen and oxygen atoms in total. The SMILES string of the molecule is CC=C1OC(=O)C(OC)=CC1C. The molecule has 1 heterocycles. The summed E-state index contributed by atoms with van der Waals surface area (Å²) in [5, 5.41) is 0. The molecule has 0 N–H and O–H groups in total. The van der Waals surface area contributed by atoms with E-state index in [1.807, 2.05) is 13.8 Å². The van der Waals surface area contributed by atoms with Gasteiger partial charge in [0.05, 0.1) is 7.11 Å². The van der Waals surface area contributed by atoms with Gasteiger partial charge in [0.15, 0.2) is 0 Å². The largest absolute Gasteiger partial charge is 0.490 e. The molecule has 0 saturated heterocycles. The molecule has 1 rings (SSSR count). The van der Waals surface area contributed by atoms with Crippen LogP contribution in [0.25, 0.3) is 0 Å². The number of carbonyl (C=O) groups excluding carboxylic acids is 1. The summed E-state index contributed by atoms with van der Waals surface area (Å²) in [5.74, 6) is 0.667. The number of esters is 1. The normalized spacial score (nSPS) is 26.6. The lowest BCUT2D eigenvalue weighted by Crippen LogP contribution is -2.18. The fourth-order valence-electron chi connectivity index (χ4n) is 1.10. The number of cyclic esters (lactones) is 1. The van der Waals surface area contributed by atoms with Crippen molar-refractivity contribution in [1.29, 1.82) is 0 Å². The molecule has 66 valence electrons. The molecule has 1 aliphatic heterocycles. The van der Waals surface area contributed by atoms with Gasteiger partial charge in [-0.05, 0) is 19.1 Å². The minimum Gasteiger partial charge on any atom is -0.490 e. The van der Waals surface area contributed by atoms with Crippen LogP contribution in [0.1, 0.15) is 13.8 Å². The maximum Gasteiger partial charge on any atom is 0.378 e. The Labute approximate surface area is 71.7 Å². The second-order valence-electron chi connectivity index (χ2n) is 2.60. The van der Waals surface area contributed by atoms with Crippen LogP contribution >= 0.6 is 0 Å². The van der Waals surface area contributed by atoms with Crippen LogP contribution in [0.2, 0.25) is 0 Å². The molecule has 0 aromatic carbocycles. The first-order chi connectivity index (χ1) is 5.69. The summed E-state index contributed by atoms with van der Waals surface area (Å²) in [6.45, 7) is 3.78. The van der Waals surface area contributed by atoms with Crippen LogP contribution in [0.5, 0.6) is 0 Å². The van der Waals surface area contributed by atoms with Crippen molar-refractivity contribution in [3.63, 3.8) is 0 Å².